The number of rotatable bonds is 7. The fraction of sp³-hybridized carbons (Fsp3) is 0.217. The topological polar surface area (TPSA) is 88.6 Å². The lowest BCUT2D eigenvalue weighted by Gasteiger charge is -2.31. The predicted octanol–water partition coefficient (Wildman–Crippen LogP) is 4.06. The summed E-state index contributed by atoms with van der Waals surface area (Å²) in [5.41, 5.74) is 0.526. The van der Waals surface area contributed by atoms with E-state index >= 15 is 0 Å². The average Bonchev–Trinajstić information content (AvgIpc) is 3.36. The third-order valence-electron chi connectivity index (χ3n) is 5.12. The van der Waals surface area contributed by atoms with Crippen LogP contribution in [0.15, 0.2) is 70.5 Å². The number of thiophene rings is 1. The van der Waals surface area contributed by atoms with Crippen LogP contribution in [0, 0.1) is 5.82 Å². The first-order valence-corrected chi connectivity index (χ1v) is 12.7. The van der Waals surface area contributed by atoms with E-state index in [4.69, 9.17) is 4.74 Å². The number of sulfonamides is 1. The minimum atomic E-state index is -3.53. The number of hydrogen-bond donors (Lipinski definition) is 1. The lowest BCUT2D eigenvalue weighted by Crippen LogP contribution is -2.46. The van der Waals surface area contributed by atoms with E-state index in [1.54, 1.807) is 52.9 Å². The molecule has 0 atom stereocenters. The third kappa shape index (κ3) is 6.04. The van der Waals surface area contributed by atoms with Crippen LogP contribution in [-0.2, 0) is 14.8 Å². The number of carbonyl (C=O) groups excluding carboxylic acids is 1. The summed E-state index contributed by atoms with van der Waals surface area (Å²) in [4.78, 5) is 18.1. The largest absolute Gasteiger partial charge is 0.453 e. The maximum Gasteiger partial charge on any atom is 0.250 e. The lowest BCUT2D eigenvalue weighted by atomic mass is 10.1. The molecule has 1 N–H and O–H groups in total. The van der Waals surface area contributed by atoms with E-state index in [0.717, 1.165) is 0 Å². The van der Waals surface area contributed by atoms with Crippen molar-refractivity contribution in [3.8, 4) is 11.5 Å². The van der Waals surface area contributed by atoms with Gasteiger partial charge in [-0.3, -0.25) is 9.78 Å². The Kier molecular flexibility index (Phi) is 7.17. The Bertz CT molecular complexity index is 1220. The summed E-state index contributed by atoms with van der Waals surface area (Å²) in [5, 5.41) is 1.72. The van der Waals surface area contributed by atoms with Crippen LogP contribution in [-0.4, -0.2) is 43.3 Å². The second-order valence-corrected chi connectivity index (χ2v) is 10.4. The molecule has 0 saturated carbocycles. The van der Waals surface area contributed by atoms with Gasteiger partial charge in [0, 0.05) is 31.4 Å². The molecule has 7 nitrogen and oxygen atoms in total. The smallest absolute Gasteiger partial charge is 0.250 e. The summed E-state index contributed by atoms with van der Waals surface area (Å²) in [6.45, 7) is 0.875. The zero-order valence-electron chi connectivity index (χ0n) is 17.6. The maximum absolute atomic E-state index is 14.4. The van der Waals surface area contributed by atoms with Crippen molar-refractivity contribution < 1.29 is 22.3 Å². The van der Waals surface area contributed by atoms with E-state index < -0.39 is 15.8 Å². The Morgan fingerprint density at radius 1 is 1.21 bits per heavy atom. The number of benzene rings is 1. The van der Waals surface area contributed by atoms with E-state index in [2.05, 4.69) is 9.71 Å². The Morgan fingerprint density at radius 2 is 2.03 bits per heavy atom. The van der Waals surface area contributed by atoms with Gasteiger partial charge in [0.15, 0.2) is 11.6 Å². The van der Waals surface area contributed by atoms with Gasteiger partial charge < -0.3 is 9.64 Å². The van der Waals surface area contributed by atoms with Crippen LogP contribution in [0.5, 0.6) is 11.5 Å². The number of carbonyl (C=O) groups is 1. The van der Waals surface area contributed by atoms with E-state index in [0.29, 0.717) is 37.2 Å². The molecule has 0 radical (unpaired) electrons. The fourth-order valence-corrected chi connectivity index (χ4v) is 5.74. The highest BCUT2D eigenvalue weighted by Gasteiger charge is 2.26. The van der Waals surface area contributed by atoms with Crippen molar-refractivity contribution in [1.82, 2.24) is 14.6 Å². The molecule has 1 aliphatic heterocycles. The molecule has 33 heavy (non-hydrogen) atoms. The molecule has 1 fully saturated rings. The van der Waals surface area contributed by atoms with Gasteiger partial charge in [-0.05, 0) is 60.2 Å². The van der Waals surface area contributed by atoms with Gasteiger partial charge in [-0.2, -0.15) is 0 Å². The standard InChI is InChI=1S/C23H22FN3O4S2/c24-20-15-17(5-7-21(20)31-19-3-1-11-25-16-19)6-8-22(28)27-12-9-18(10-13-27)26-33(29,30)23-4-2-14-32-23/h1-8,11,14-16,18,26H,9-10,12-13H2/b8-6+. The Labute approximate surface area is 195 Å². The van der Waals surface area contributed by atoms with Crippen LogP contribution >= 0.6 is 11.3 Å². The SMILES string of the molecule is O=C(/C=C/c1ccc(Oc2cccnc2)c(F)c1)N1CCC(NS(=O)(=O)c2cccs2)CC1. The van der Waals surface area contributed by atoms with Crippen molar-refractivity contribution in [3.63, 3.8) is 0 Å². The van der Waals surface area contributed by atoms with E-state index in [1.807, 2.05) is 0 Å². The van der Waals surface area contributed by atoms with Crippen molar-refractivity contribution in [3.05, 3.63) is 77.7 Å². The normalized spacial score (nSPS) is 15.1. The molecule has 3 aromatic rings. The number of nitrogens with zero attached hydrogens (tertiary/aromatic N) is 2. The maximum atomic E-state index is 14.4. The van der Waals surface area contributed by atoms with Crippen LogP contribution in [0.2, 0.25) is 0 Å². The van der Waals surface area contributed by atoms with E-state index in [1.165, 1.54) is 35.7 Å². The number of pyridine rings is 1. The number of ether oxygens (including phenoxy) is 1. The Balaban J connectivity index is 1.30. The second kappa shape index (κ2) is 10.2. The Hall–Kier alpha value is -3.08. The highest BCUT2D eigenvalue weighted by Crippen LogP contribution is 2.25. The molecule has 10 heteroatoms. The number of hydrogen-bond acceptors (Lipinski definition) is 6. The Morgan fingerprint density at radius 3 is 2.70 bits per heavy atom. The molecular formula is C23H22FN3O4S2. The zero-order chi connectivity index (χ0) is 23.3. The quantitative estimate of drug-likeness (QED) is 0.508. The molecule has 0 unspecified atom stereocenters. The van der Waals surface area contributed by atoms with Gasteiger partial charge in [-0.25, -0.2) is 17.5 Å². The van der Waals surface area contributed by atoms with Crippen molar-refractivity contribution in [1.29, 1.82) is 0 Å². The molecule has 2 aromatic heterocycles. The minimum Gasteiger partial charge on any atom is -0.453 e. The minimum absolute atomic E-state index is 0.0681. The molecule has 0 aliphatic carbocycles. The molecule has 1 aliphatic rings. The molecule has 3 heterocycles. The summed E-state index contributed by atoms with van der Waals surface area (Å²) in [7, 11) is -3.53. The predicted molar refractivity (Wildman–Crippen MR) is 124 cm³/mol. The van der Waals surface area contributed by atoms with Crippen LogP contribution in [0.25, 0.3) is 6.08 Å². The van der Waals surface area contributed by atoms with E-state index in [9.17, 15) is 17.6 Å². The molecule has 172 valence electrons. The first kappa shape index (κ1) is 23.1. The average molecular weight is 488 g/mol. The monoisotopic (exact) mass is 487 g/mol. The molecule has 1 amide bonds. The number of aromatic nitrogens is 1. The summed E-state index contributed by atoms with van der Waals surface area (Å²) >= 11 is 1.17. The first-order valence-electron chi connectivity index (χ1n) is 10.3. The molecule has 1 saturated heterocycles. The molecule has 4 rings (SSSR count). The van der Waals surface area contributed by atoms with Gasteiger partial charge in [0.1, 0.15) is 9.96 Å². The first-order chi connectivity index (χ1) is 15.9. The fourth-order valence-electron chi connectivity index (χ4n) is 3.42. The lowest BCUT2D eigenvalue weighted by molar-refractivity contribution is -0.126. The summed E-state index contributed by atoms with van der Waals surface area (Å²) < 4.78 is 47.5. The number of piperidine rings is 1. The second-order valence-electron chi connectivity index (χ2n) is 7.47. The number of amides is 1. The van der Waals surface area contributed by atoms with Gasteiger partial charge >= 0.3 is 0 Å². The van der Waals surface area contributed by atoms with Gasteiger partial charge in [-0.15, -0.1) is 11.3 Å². The number of likely N-dealkylation sites (tertiary alicyclic amines) is 1. The molecule has 0 bridgehead atoms. The van der Waals surface area contributed by atoms with E-state index in [-0.39, 0.29) is 21.9 Å². The molecule has 1 aromatic carbocycles. The van der Waals surface area contributed by atoms with Crippen molar-refractivity contribution in [2.75, 3.05) is 13.1 Å². The number of halogens is 1. The third-order valence-corrected chi connectivity index (χ3v) is 8.04. The highest BCUT2D eigenvalue weighted by atomic mass is 32.2. The van der Waals surface area contributed by atoms with Gasteiger partial charge in [-0.1, -0.05) is 12.1 Å². The van der Waals surface area contributed by atoms with Gasteiger partial charge in [0.05, 0.1) is 6.20 Å². The summed E-state index contributed by atoms with van der Waals surface area (Å²) in [5.74, 6) is -0.257. The van der Waals surface area contributed by atoms with Crippen LogP contribution in [0.1, 0.15) is 18.4 Å². The van der Waals surface area contributed by atoms with Gasteiger partial charge in [0.2, 0.25) is 15.9 Å². The molecule has 0 spiro atoms. The van der Waals surface area contributed by atoms with Crippen molar-refractivity contribution in [2.45, 2.75) is 23.1 Å². The van der Waals surface area contributed by atoms with Crippen molar-refractivity contribution >= 4 is 33.3 Å². The van der Waals surface area contributed by atoms with Crippen molar-refractivity contribution in [2.24, 2.45) is 0 Å². The van der Waals surface area contributed by atoms with Crippen LogP contribution in [0.4, 0.5) is 4.39 Å². The zero-order valence-corrected chi connectivity index (χ0v) is 19.2. The summed E-state index contributed by atoms with van der Waals surface area (Å²) in [6, 6.07) is 10.9. The number of nitrogens with one attached hydrogen (secondary N) is 1. The van der Waals surface area contributed by atoms with Gasteiger partial charge in [0.25, 0.3) is 0 Å². The summed E-state index contributed by atoms with van der Waals surface area (Å²) in [6.07, 6.45) is 7.08. The van der Waals surface area contributed by atoms with Crippen LogP contribution < -0.4 is 9.46 Å². The molecular weight excluding hydrogens is 465 g/mol. The highest BCUT2D eigenvalue weighted by molar-refractivity contribution is 7.91. The van der Waals surface area contributed by atoms with Crippen LogP contribution in [0.3, 0.4) is 0 Å².